The molecular weight excluding hydrogens is 374 g/mol. The fraction of sp³-hybridized carbons (Fsp3) is 0.409. The van der Waals surface area contributed by atoms with Crippen molar-refractivity contribution in [1.29, 1.82) is 0 Å². The molecule has 0 aliphatic carbocycles. The molecule has 1 saturated heterocycles. The monoisotopic (exact) mass is 403 g/mol. The minimum absolute atomic E-state index is 0. The van der Waals surface area contributed by atoms with Crippen LogP contribution in [0.5, 0.6) is 5.75 Å². The number of carbonyl (C=O) groups is 1. The van der Waals surface area contributed by atoms with Crippen LogP contribution in [-0.4, -0.2) is 36.5 Å². The number of carbonyl (C=O) groups excluding carboxylic acids is 1. The van der Waals surface area contributed by atoms with Gasteiger partial charge in [-0.1, -0.05) is 44.2 Å². The number of rotatable bonds is 6. The molecule has 1 amide bonds. The fourth-order valence-electron chi connectivity index (χ4n) is 3.40. The minimum atomic E-state index is -0.000717. The zero-order valence-electron chi connectivity index (χ0n) is 16.6. The maximum absolute atomic E-state index is 12.4. The number of halogens is 1. The highest BCUT2D eigenvalue weighted by Crippen LogP contribution is 2.27. The first-order valence-corrected chi connectivity index (χ1v) is 9.47. The van der Waals surface area contributed by atoms with Crippen LogP contribution in [-0.2, 0) is 11.4 Å². The summed E-state index contributed by atoms with van der Waals surface area (Å²) >= 11 is 0. The normalized spacial score (nSPS) is 18.8. The molecule has 1 heterocycles. The molecule has 6 heteroatoms. The lowest BCUT2D eigenvalue weighted by molar-refractivity contribution is -0.118. The Bertz CT molecular complexity index is 750. The van der Waals surface area contributed by atoms with Gasteiger partial charge in [0, 0.05) is 24.8 Å². The van der Waals surface area contributed by atoms with Crippen molar-refractivity contribution in [2.24, 2.45) is 11.1 Å². The Morgan fingerprint density at radius 2 is 1.86 bits per heavy atom. The Labute approximate surface area is 173 Å². The highest BCUT2D eigenvalue weighted by Gasteiger charge is 2.33. The lowest BCUT2D eigenvalue weighted by Gasteiger charge is -2.42. The highest BCUT2D eigenvalue weighted by atomic mass is 35.5. The van der Waals surface area contributed by atoms with E-state index < -0.39 is 0 Å². The first-order valence-electron chi connectivity index (χ1n) is 9.47. The van der Waals surface area contributed by atoms with Crippen LogP contribution in [0.15, 0.2) is 54.6 Å². The maximum atomic E-state index is 12.4. The number of likely N-dealkylation sites (tertiary alicyclic amines) is 1. The minimum Gasteiger partial charge on any atom is -0.489 e. The van der Waals surface area contributed by atoms with E-state index in [1.807, 2.05) is 54.6 Å². The van der Waals surface area contributed by atoms with E-state index in [1.54, 1.807) is 0 Å². The second-order valence-electron chi connectivity index (χ2n) is 7.94. The molecule has 0 bridgehead atoms. The van der Waals surface area contributed by atoms with Gasteiger partial charge in [0.05, 0.1) is 6.54 Å². The summed E-state index contributed by atoms with van der Waals surface area (Å²) in [6.07, 6.45) is 0.924. The molecule has 3 N–H and O–H groups in total. The Balaban J connectivity index is 0.00000280. The largest absolute Gasteiger partial charge is 0.489 e. The molecule has 152 valence electrons. The first-order chi connectivity index (χ1) is 12.9. The van der Waals surface area contributed by atoms with Gasteiger partial charge in [0.2, 0.25) is 5.91 Å². The Morgan fingerprint density at radius 1 is 1.18 bits per heavy atom. The van der Waals surface area contributed by atoms with Gasteiger partial charge in [-0.3, -0.25) is 9.69 Å². The van der Waals surface area contributed by atoms with E-state index >= 15 is 0 Å². The van der Waals surface area contributed by atoms with Crippen LogP contribution in [0.25, 0.3) is 0 Å². The van der Waals surface area contributed by atoms with Crippen molar-refractivity contribution in [2.45, 2.75) is 32.9 Å². The summed E-state index contributed by atoms with van der Waals surface area (Å²) in [6, 6.07) is 17.7. The van der Waals surface area contributed by atoms with Crippen molar-refractivity contribution in [3.8, 4) is 5.75 Å². The molecule has 0 spiro atoms. The van der Waals surface area contributed by atoms with Crippen LogP contribution in [0.1, 0.15) is 25.8 Å². The number of nitrogens with two attached hydrogens (primary N) is 1. The van der Waals surface area contributed by atoms with Crippen LogP contribution in [0.2, 0.25) is 0 Å². The molecule has 1 fully saturated rings. The number of piperidine rings is 1. The molecule has 28 heavy (non-hydrogen) atoms. The van der Waals surface area contributed by atoms with Gasteiger partial charge in [-0.15, -0.1) is 12.4 Å². The van der Waals surface area contributed by atoms with E-state index in [-0.39, 0.29) is 29.8 Å². The highest BCUT2D eigenvalue weighted by molar-refractivity contribution is 5.92. The molecule has 1 aliphatic rings. The fourth-order valence-corrected chi connectivity index (χ4v) is 3.40. The van der Waals surface area contributed by atoms with Crippen LogP contribution < -0.4 is 15.8 Å². The van der Waals surface area contributed by atoms with Gasteiger partial charge in [0.25, 0.3) is 0 Å². The van der Waals surface area contributed by atoms with E-state index in [4.69, 9.17) is 10.5 Å². The molecular formula is C22H30ClN3O2. The number of anilines is 1. The predicted molar refractivity (Wildman–Crippen MR) is 116 cm³/mol. The van der Waals surface area contributed by atoms with E-state index in [2.05, 4.69) is 24.1 Å². The van der Waals surface area contributed by atoms with E-state index in [0.717, 1.165) is 36.5 Å². The third kappa shape index (κ3) is 6.23. The summed E-state index contributed by atoms with van der Waals surface area (Å²) in [5, 5.41) is 2.96. The first kappa shape index (κ1) is 22.2. The molecule has 0 radical (unpaired) electrons. The van der Waals surface area contributed by atoms with Gasteiger partial charge >= 0.3 is 0 Å². The van der Waals surface area contributed by atoms with E-state index in [9.17, 15) is 4.79 Å². The summed E-state index contributed by atoms with van der Waals surface area (Å²) < 4.78 is 5.77. The van der Waals surface area contributed by atoms with Crippen molar-refractivity contribution >= 4 is 24.0 Å². The van der Waals surface area contributed by atoms with Crippen LogP contribution in [0.3, 0.4) is 0 Å². The number of hydrogen-bond donors (Lipinski definition) is 2. The summed E-state index contributed by atoms with van der Waals surface area (Å²) in [5.74, 6) is 0.780. The molecule has 3 rings (SSSR count). The summed E-state index contributed by atoms with van der Waals surface area (Å²) in [4.78, 5) is 14.5. The zero-order valence-corrected chi connectivity index (χ0v) is 17.4. The standard InChI is InChI=1S/C22H29N3O2.ClH/c1-22(2)16-25(13-12-20(22)23)14-21(26)24-18-8-10-19(11-9-18)27-15-17-6-4-3-5-7-17;/h3-11,20H,12-16,23H2,1-2H3,(H,24,26);1H. The van der Waals surface area contributed by atoms with Gasteiger partial charge in [0.15, 0.2) is 0 Å². The lowest BCUT2D eigenvalue weighted by Crippen LogP contribution is -2.53. The van der Waals surface area contributed by atoms with Crippen LogP contribution in [0, 0.1) is 5.41 Å². The average Bonchev–Trinajstić information content (AvgIpc) is 2.65. The SMILES string of the molecule is CC1(C)CN(CC(=O)Nc2ccc(OCc3ccccc3)cc2)CCC1N.Cl. The third-order valence-corrected chi connectivity index (χ3v) is 5.14. The lowest BCUT2D eigenvalue weighted by atomic mass is 9.80. The number of ether oxygens (including phenoxy) is 1. The molecule has 1 unspecified atom stereocenters. The number of nitrogens with one attached hydrogen (secondary N) is 1. The topological polar surface area (TPSA) is 67.6 Å². The van der Waals surface area contributed by atoms with Crippen molar-refractivity contribution in [1.82, 2.24) is 4.90 Å². The van der Waals surface area contributed by atoms with Gasteiger partial charge in [-0.05, 0) is 41.7 Å². The number of benzene rings is 2. The van der Waals surface area contributed by atoms with Gasteiger partial charge < -0.3 is 15.8 Å². The molecule has 1 aliphatic heterocycles. The van der Waals surface area contributed by atoms with Gasteiger partial charge in [0.1, 0.15) is 12.4 Å². The van der Waals surface area contributed by atoms with E-state index in [0.29, 0.717) is 13.2 Å². The Morgan fingerprint density at radius 3 is 2.50 bits per heavy atom. The average molecular weight is 404 g/mol. The Hall–Kier alpha value is -2.08. The number of amides is 1. The third-order valence-electron chi connectivity index (χ3n) is 5.14. The summed E-state index contributed by atoms with van der Waals surface area (Å²) in [7, 11) is 0. The second kappa shape index (κ2) is 9.92. The molecule has 5 nitrogen and oxygen atoms in total. The quantitative estimate of drug-likeness (QED) is 0.771. The molecule has 1 atom stereocenters. The number of nitrogens with zero attached hydrogens (tertiary/aromatic N) is 1. The summed E-state index contributed by atoms with van der Waals surface area (Å²) in [5.41, 5.74) is 8.11. The van der Waals surface area contributed by atoms with Crippen LogP contribution in [0.4, 0.5) is 5.69 Å². The van der Waals surface area contributed by atoms with Crippen molar-refractivity contribution in [3.63, 3.8) is 0 Å². The molecule has 0 saturated carbocycles. The maximum Gasteiger partial charge on any atom is 0.238 e. The van der Waals surface area contributed by atoms with Crippen LogP contribution >= 0.6 is 12.4 Å². The summed E-state index contributed by atoms with van der Waals surface area (Å²) in [6.45, 7) is 6.95. The van der Waals surface area contributed by atoms with Gasteiger partial charge in [-0.2, -0.15) is 0 Å². The molecule has 2 aromatic rings. The predicted octanol–water partition coefficient (Wildman–Crippen LogP) is 3.69. The van der Waals surface area contributed by atoms with Crippen molar-refractivity contribution in [3.05, 3.63) is 60.2 Å². The molecule has 0 aromatic heterocycles. The van der Waals surface area contributed by atoms with Crippen molar-refractivity contribution < 1.29 is 9.53 Å². The molecule has 2 aromatic carbocycles. The second-order valence-corrected chi connectivity index (χ2v) is 7.94. The number of hydrogen-bond acceptors (Lipinski definition) is 4. The van der Waals surface area contributed by atoms with E-state index in [1.165, 1.54) is 0 Å². The Kier molecular flexibility index (Phi) is 7.87. The van der Waals surface area contributed by atoms with Crippen molar-refractivity contribution in [2.75, 3.05) is 25.0 Å². The van der Waals surface area contributed by atoms with Gasteiger partial charge in [-0.25, -0.2) is 0 Å². The zero-order chi connectivity index (χ0) is 19.3. The smallest absolute Gasteiger partial charge is 0.238 e.